The van der Waals surface area contributed by atoms with Crippen molar-refractivity contribution in [3.05, 3.63) is 71.6 Å². The number of nitrogens with zero attached hydrogens (tertiary/aromatic N) is 3. The first kappa shape index (κ1) is 20.9. The van der Waals surface area contributed by atoms with Crippen molar-refractivity contribution in [3.63, 3.8) is 0 Å². The summed E-state index contributed by atoms with van der Waals surface area (Å²) in [5.74, 6) is 1.89. The number of hydrogen-bond donors (Lipinski definition) is 0. The van der Waals surface area contributed by atoms with E-state index in [1.54, 1.807) is 19.1 Å². The molecule has 29 heavy (non-hydrogen) atoms. The third kappa shape index (κ3) is 6.09. The largest absolute Gasteiger partial charge is 0.497 e. The molecule has 0 fully saturated rings. The van der Waals surface area contributed by atoms with Gasteiger partial charge in [-0.25, -0.2) is 0 Å². The summed E-state index contributed by atoms with van der Waals surface area (Å²) in [6.45, 7) is 2.64. The minimum absolute atomic E-state index is 0.00442. The first-order chi connectivity index (χ1) is 14.0. The molecule has 1 atom stereocenters. The highest BCUT2D eigenvalue weighted by atomic mass is 32.2. The average Bonchev–Trinajstić information content (AvgIpc) is 3.20. The van der Waals surface area contributed by atoms with Crippen molar-refractivity contribution in [1.82, 2.24) is 15.1 Å². The second-order valence-electron chi connectivity index (χ2n) is 6.87. The summed E-state index contributed by atoms with van der Waals surface area (Å²) in [5, 5.41) is 8.59. The number of thioether (sulfide) groups is 1. The van der Waals surface area contributed by atoms with E-state index in [0.29, 0.717) is 24.1 Å². The summed E-state index contributed by atoms with van der Waals surface area (Å²) in [7, 11) is 3.41. The van der Waals surface area contributed by atoms with E-state index in [4.69, 9.17) is 9.15 Å². The number of methoxy groups -OCH3 is 1. The molecule has 0 spiro atoms. The van der Waals surface area contributed by atoms with E-state index in [2.05, 4.69) is 29.3 Å². The van der Waals surface area contributed by atoms with Crippen LogP contribution in [-0.4, -0.2) is 40.9 Å². The Morgan fingerprint density at radius 2 is 1.97 bits per heavy atom. The first-order valence-corrected chi connectivity index (χ1v) is 10.4. The van der Waals surface area contributed by atoms with Gasteiger partial charge in [0.2, 0.25) is 11.8 Å². The second-order valence-corrected chi connectivity index (χ2v) is 7.79. The van der Waals surface area contributed by atoms with Crippen molar-refractivity contribution in [2.24, 2.45) is 0 Å². The topological polar surface area (TPSA) is 68.5 Å². The lowest BCUT2D eigenvalue weighted by atomic mass is 9.98. The molecule has 6 nitrogen and oxygen atoms in total. The predicted octanol–water partition coefficient (Wildman–Crippen LogP) is 4.18. The number of aromatic nitrogens is 2. The fourth-order valence-electron chi connectivity index (χ4n) is 2.91. The molecule has 3 aromatic rings. The Balaban J connectivity index is 1.49. The Kier molecular flexibility index (Phi) is 7.30. The van der Waals surface area contributed by atoms with Gasteiger partial charge in [0.05, 0.1) is 12.9 Å². The van der Waals surface area contributed by atoms with Crippen LogP contribution >= 0.6 is 11.8 Å². The Bertz CT molecular complexity index is 930. The van der Waals surface area contributed by atoms with Crippen molar-refractivity contribution < 1.29 is 13.9 Å². The molecule has 0 saturated carbocycles. The van der Waals surface area contributed by atoms with Crippen LogP contribution in [0.15, 0.2) is 64.2 Å². The highest BCUT2D eigenvalue weighted by Gasteiger charge is 2.15. The molecule has 1 unspecified atom stereocenters. The van der Waals surface area contributed by atoms with Gasteiger partial charge in [0.25, 0.3) is 5.22 Å². The van der Waals surface area contributed by atoms with Gasteiger partial charge < -0.3 is 14.1 Å². The third-order valence-electron chi connectivity index (χ3n) is 4.60. The fraction of sp³-hybridized carbons (Fsp3) is 0.318. The Labute approximate surface area is 175 Å². The van der Waals surface area contributed by atoms with E-state index >= 15 is 0 Å². The second kappa shape index (κ2) is 10.1. The normalized spacial score (nSPS) is 11.8. The molecule has 2 aromatic carbocycles. The molecule has 0 aliphatic heterocycles. The molecule has 1 amide bonds. The van der Waals surface area contributed by atoms with Crippen LogP contribution < -0.4 is 4.74 Å². The molecule has 7 heteroatoms. The summed E-state index contributed by atoms with van der Waals surface area (Å²) in [6, 6.07) is 17.9. The molecule has 0 aliphatic carbocycles. The van der Waals surface area contributed by atoms with E-state index in [-0.39, 0.29) is 17.6 Å². The molecule has 0 radical (unpaired) electrons. The lowest BCUT2D eigenvalue weighted by molar-refractivity contribution is -0.127. The van der Waals surface area contributed by atoms with Gasteiger partial charge in [-0.15, -0.1) is 10.2 Å². The van der Waals surface area contributed by atoms with Gasteiger partial charge in [0.15, 0.2) is 0 Å². The van der Waals surface area contributed by atoms with Gasteiger partial charge in [-0.3, -0.25) is 4.79 Å². The summed E-state index contributed by atoms with van der Waals surface area (Å²) >= 11 is 1.26. The lowest BCUT2D eigenvalue weighted by Crippen LogP contribution is -2.27. The monoisotopic (exact) mass is 411 g/mol. The number of rotatable bonds is 9. The quantitative estimate of drug-likeness (QED) is 0.492. The maximum absolute atomic E-state index is 12.4. The van der Waals surface area contributed by atoms with Crippen LogP contribution in [-0.2, 0) is 17.8 Å². The average molecular weight is 412 g/mol. The van der Waals surface area contributed by atoms with Crippen molar-refractivity contribution in [2.75, 3.05) is 19.9 Å². The summed E-state index contributed by atoms with van der Waals surface area (Å²) in [4.78, 5) is 14.1. The Hall–Kier alpha value is -2.80. The van der Waals surface area contributed by atoms with Crippen molar-refractivity contribution in [2.45, 2.75) is 31.0 Å². The lowest BCUT2D eigenvalue weighted by Gasteiger charge is -2.17. The molecule has 1 aromatic heterocycles. The van der Waals surface area contributed by atoms with Crippen LogP contribution in [0, 0.1) is 0 Å². The van der Waals surface area contributed by atoms with E-state index in [1.165, 1.54) is 17.3 Å². The molecule has 0 aliphatic rings. The molecule has 1 heterocycles. The SMILES string of the molecule is COc1cccc(CN(C)C(=O)CSc2nnc(CC(C)c3ccccc3)o2)c1. The number of ether oxygens (including phenoxy) is 1. The van der Waals surface area contributed by atoms with Crippen LogP contribution in [0.4, 0.5) is 0 Å². The maximum atomic E-state index is 12.4. The van der Waals surface area contributed by atoms with Gasteiger partial charge in [0.1, 0.15) is 5.75 Å². The zero-order valence-electron chi connectivity index (χ0n) is 16.9. The van der Waals surface area contributed by atoms with Gasteiger partial charge in [-0.05, 0) is 29.2 Å². The summed E-state index contributed by atoms with van der Waals surface area (Å²) < 4.78 is 10.9. The number of benzene rings is 2. The predicted molar refractivity (Wildman–Crippen MR) is 113 cm³/mol. The fourth-order valence-corrected chi connectivity index (χ4v) is 3.63. The molecule has 0 bridgehead atoms. The van der Waals surface area contributed by atoms with Gasteiger partial charge >= 0.3 is 0 Å². The van der Waals surface area contributed by atoms with Crippen LogP contribution in [0.1, 0.15) is 29.9 Å². The highest BCUT2D eigenvalue weighted by Crippen LogP contribution is 2.23. The number of amides is 1. The standard InChI is InChI=1S/C22H25N3O3S/c1-16(18-9-5-4-6-10-18)12-20-23-24-22(28-20)29-15-21(26)25(2)14-17-8-7-11-19(13-17)27-3/h4-11,13,16H,12,14-15H2,1-3H3. The van der Waals surface area contributed by atoms with E-state index in [0.717, 1.165) is 11.3 Å². The van der Waals surface area contributed by atoms with Crippen LogP contribution in [0.3, 0.4) is 0 Å². The van der Waals surface area contributed by atoms with Gasteiger partial charge in [0, 0.05) is 20.0 Å². The maximum Gasteiger partial charge on any atom is 0.277 e. The minimum Gasteiger partial charge on any atom is -0.497 e. The molecular weight excluding hydrogens is 386 g/mol. The van der Waals surface area contributed by atoms with E-state index < -0.39 is 0 Å². The molecule has 3 rings (SSSR count). The van der Waals surface area contributed by atoms with E-state index in [9.17, 15) is 4.79 Å². The number of carbonyl (C=O) groups is 1. The smallest absolute Gasteiger partial charge is 0.277 e. The van der Waals surface area contributed by atoms with Crippen molar-refractivity contribution in [1.29, 1.82) is 0 Å². The van der Waals surface area contributed by atoms with Crippen molar-refractivity contribution >= 4 is 17.7 Å². The highest BCUT2D eigenvalue weighted by molar-refractivity contribution is 7.99. The molecule has 0 saturated heterocycles. The summed E-state index contributed by atoms with van der Waals surface area (Å²) in [6.07, 6.45) is 0.668. The van der Waals surface area contributed by atoms with Crippen LogP contribution in [0.2, 0.25) is 0 Å². The minimum atomic E-state index is -0.00442. The molecular formula is C22H25N3O3S. The number of hydrogen-bond acceptors (Lipinski definition) is 6. The zero-order valence-corrected chi connectivity index (χ0v) is 17.7. The van der Waals surface area contributed by atoms with Gasteiger partial charge in [-0.1, -0.05) is 61.2 Å². The molecule has 152 valence electrons. The van der Waals surface area contributed by atoms with Crippen LogP contribution in [0.25, 0.3) is 0 Å². The van der Waals surface area contributed by atoms with Gasteiger partial charge in [-0.2, -0.15) is 0 Å². The number of carbonyl (C=O) groups excluding carboxylic acids is 1. The molecule has 0 N–H and O–H groups in total. The Morgan fingerprint density at radius 1 is 1.17 bits per heavy atom. The van der Waals surface area contributed by atoms with Crippen molar-refractivity contribution in [3.8, 4) is 5.75 Å². The van der Waals surface area contributed by atoms with Crippen LogP contribution in [0.5, 0.6) is 5.75 Å². The Morgan fingerprint density at radius 3 is 2.72 bits per heavy atom. The van der Waals surface area contributed by atoms with E-state index in [1.807, 2.05) is 42.5 Å². The first-order valence-electron chi connectivity index (χ1n) is 9.42. The third-order valence-corrected chi connectivity index (χ3v) is 5.40. The summed E-state index contributed by atoms with van der Waals surface area (Å²) in [5.41, 5.74) is 2.24. The zero-order chi connectivity index (χ0) is 20.6.